The number of aliphatic hydroxyl groups is 2. The maximum absolute atomic E-state index is 12.4. The molecule has 0 saturated heterocycles. The van der Waals surface area contributed by atoms with Gasteiger partial charge >= 0.3 is 5.97 Å². The molecule has 0 saturated carbocycles. The fraction of sp³-hybridized carbons (Fsp3) is 0.862. The summed E-state index contributed by atoms with van der Waals surface area (Å²) < 4.78 is 5.47. The molecular formula is C58H109NO5. The Balaban J connectivity index is 3.46. The molecule has 0 rings (SSSR count). The summed E-state index contributed by atoms with van der Waals surface area (Å²) in [5, 5.41) is 23.0. The molecule has 1 amide bonds. The summed E-state index contributed by atoms with van der Waals surface area (Å²) in [7, 11) is 0. The van der Waals surface area contributed by atoms with Crippen LogP contribution in [-0.2, 0) is 14.3 Å². The second-order valence-electron chi connectivity index (χ2n) is 19.3. The third-order valence-corrected chi connectivity index (χ3v) is 12.9. The SMILES string of the molecule is CCCCCCCCCCC/C=C/C(O)C(CO)NC(=O)CCCCCCCCC/C=C\C/C=C\CCCCCCCCCCCOC(=O)CCCCCCCCCCCCCCC. The molecule has 0 aliphatic rings. The van der Waals surface area contributed by atoms with Gasteiger partial charge in [0.25, 0.3) is 0 Å². The zero-order valence-electron chi connectivity index (χ0n) is 42.8. The second-order valence-corrected chi connectivity index (χ2v) is 19.3. The van der Waals surface area contributed by atoms with Crippen LogP contribution < -0.4 is 5.32 Å². The minimum Gasteiger partial charge on any atom is -0.466 e. The van der Waals surface area contributed by atoms with Crippen LogP contribution >= 0.6 is 0 Å². The molecule has 0 aromatic rings. The summed E-state index contributed by atoms with van der Waals surface area (Å²) in [6.45, 7) is 4.88. The van der Waals surface area contributed by atoms with Crippen LogP contribution in [0.2, 0.25) is 0 Å². The minimum absolute atomic E-state index is 0.00759. The lowest BCUT2D eigenvalue weighted by molar-refractivity contribution is -0.143. The number of ether oxygens (including phenoxy) is 1. The first-order valence-electron chi connectivity index (χ1n) is 28.3. The number of carbonyl (C=O) groups excluding carboxylic acids is 2. The number of amides is 1. The fourth-order valence-electron chi connectivity index (χ4n) is 8.55. The van der Waals surface area contributed by atoms with E-state index in [0.717, 1.165) is 57.8 Å². The molecule has 2 unspecified atom stereocenters. The Morgan fingerprint density at radius 2 is 0.781 bits per heavy atom. The topological polar surface area (TPSA) is 95.9 Å². The minimum atomic E-state index is -0.849. The Morgan fingerprint density at radius 1 is 0.438 bits per heavy atom. The highest BCUT2D eigenvalue weighted by Gasteiger charge is 2.18. The number of rotatable bonds is 52. The first kappa shape index (κ1) is 62.1. The standard InChI is InChI=1S/C58H109NO5/c1-3-5-7-9-11-13-15-27-32-36-40-44-48-52-58(63)64-53-49-45-41-37-33-29-26-24-22-20-18-16-17-19-21-23-25-28-31-35-39-43-47-51-57(62)59-55(54-60)56(61)50-46-42-38-34-30-14-12-10-8-6-4-2/h16,18-19,21,46,50,55-56,60-61H,3-15,17,20,22-45,47-49,51-54H2,1-2H3,(H,59,62)/b18-16-,21-19-,50-46+. The molecule has 0 fully saturated rings. The number of unbranched alkanes of at least 4 members (excludes halogenated alkanes) is 37. The molecule has 0 aliphatic carbocycles. The van der Waals surface area contributed by atoms with Crippen LogP contribution in [0.1, 0.15) is 296 Å². The van der Waals surface area contributed by atoms with E-state index < -0.39 is 12.1 Å². The van der Waals surface area contributed by atoms with Crippen LogP contribution in [0.15, 0.2) is 36.5 Å². The van der Waals surface area contributed by atoms with Crippen LogP contribution in [0.4, 0.5) is 0 Å². The van der Waals surface area contributed by atoms with Crippen molar-refractivity contribution in [1.82, 2.24) is 5.32 Å². The Morgan fingerprint density at radius 3 is 1.19 bits per heavy atom. The molecule has 6 nitrogen and oxygen atoms in total. The first-order chi connectivity index (χ1) is 31.5. The normalized spacial score (nSPS) is 12.9. The summed E-state index contributed by atoms with van der Waals surface area (Å²) in [6.07, 6.45) is 66.0. The molecule has 3 N–H and O–H groups in total. The number of hydrogen-bond acceptors (Lipinski definition) is 5. The molecule has 0 radical (unpaired) electrons. The molecule has 0 spiro atoms. The highest BCUT2D eigenvalue weighted by Crippen LogP contribution is 2.16. The van der Waals surface area contributed by atoms with E-state index in [1.54, 1.807) is 6.08 Å². The average Bonchev–Trinajstić information content (AvgIpc) is 3.29. The van der Waals surface area contributed by atoms with Gasteiger partial charge < -0.3 is 20.3 Å². The highest BCUT2D eigenvalue weighted by molar-refractivity contribution is 5.76. The Bertz CT molecular complexity index is 1040. The van der Waals surface area contributed by atoms with Gasteiger partial charge in [0.1, 0.15) is 0 Å². The molecular weight excluding hydrogens is 791 g/mol. The van der Waals surface area contributed by atoms with Gasteiger partial charge in [-0.15, -0.1) is 0 Å². The highest BCUT2D eigenvalue weighted by atomic mass is 16.5. The molecule has 0 bridgehead atoms. The zero-order chi connectivity index (χ0) is 46.5. The van der Waals surface area contributed by atoms with E-state index in [0.29, 0.717) is 19.4 Å². The van der Waals surface area contributed by atoms with Gasteiger partial charge in [-0.05, 0) is 64.2 Å². The van der Waals surface area contributed by atoms with Crippen molar-refractivity contribution in [1.29, 1.82) is 0 Å². The van der Waals surface area contributed by atoms with Crippen molar-refractivity contribution in [2.75, 3.05) is 13.2 Å². The van der Waals surface area contributed by atoms with Gasteiger partial charge in [-0.2, -0.15) is 0 Å². The van der Waals surface area contributed by atoms with Crippen LogP contribution in [0.5, 0.6) is 0 Å². The molecule has 0 aromatic heterocycles. The summed E-state index contributed by atoms with van der Waals surface area (Å²) in [6, 6.07) is -0.634. The van der Waals surface area contributed by atoms with Gasteiger partial charge in [-0.25, -0.2) is 0 Å². The van der Waals surface area contributed by atoms with Gasteiger partial charge in [-0.1, -0.05) is 256 Å². The predicted octanol–water partition coefficient (Wildman–Crippen LogP) is 17.2. The monoisotopic (exact) mass is 900 g/mol. The maximum Gasteiger partial charge on any atom is 0.305 e. The van der Waals surface area contributed by atoms with E-state index in [-0.39, 0.29) is 18.5 Å². The van der Waals surface area contributed by atoms with Gasteiger partial charge in [0.2, 0.25) is 5.91 Å². The van der Waals surface area contributed by atoms with Gasteiger partial charge in [0.05, 0.1) is 25.4 Å². The van der Waals surface area contributed by atoms with Gasteiger partial charge in [-0.3, -0.25) is 9.59 Å². The number of aliphatic hydroxyl groups excluding tert-OH is 2. The first-order valence-corrected chi connectivity index (χ1v) is 28.3. The molecule has 64 heavy (non-hydrogen) atoms. The van der Waals surface area contributed by atoms with Crippen LogP contribution in [0, 0.1) is 0 Å². The molecule has 0 aromatic carbocycles. The van der Waals surface area contributed by atoms with Gasteiger partial charge in [0.15, 0.2) is 0 Å². The zero-order valence-corrected chi connectivity index (χ0v) is 42.8. The van der Waals surface area contributed by atoms with Crippen molar-refractivity contribution in [2.45, 2.75) is 309 Å². The van der Waals surface area contributed by atoms with E-state index in [1.165, 1.54) is 212 Å². The van der Waals surface area contributed by atoms with E-state index in [1.807, 2.05) is 6.08 Å². The smallest absolute Gasteiger partial charge is 0.305 e. The average molecular weight is 901 g/mol. The van der Waals surface area contributed by atoms with Crippen molar-refractivity contribution in [2.24, 2.45) is 0 Å². The van der Waals surface area contributed by atoms with E-state index in [4.69, 9.17) is 4.74 Å². The molecule has 2 atom stereocenters. The quantitative estimate of drug-likeness (QED) is 0.0321. The molecule has 6 heteroatoms. The predicted molar refractivity (Wildman–Crippen MR) is 278 cm³/mol. The molecule has 0 heterocycles. The van der Waals surface area contributed by atoms with Crippen molar-refractivity contribution in [3.63, 3.8) is 0 Å². The third kappa shape index (κ3) is 49.5. The summed E-state index contributed by atoms with van der Waals surface area (Å²) in [4.78, 5) is 24.4. The largest absolute Gasteiger partial charge is 0.466 e. The lowest BCUT2D eigenvalue weighted by Crippen LogP contribution is -2.45. The lowest BCUT2D eigenvalue weighted by Gasteiger charge is -2.20. The van der Waals surface area contributed by atoms with E-state index >= 15 is 0 Å². The maximum atomic E-state index is 12.4. The van der Waals surface area contributed by atoms with E-state index in [9.17, 15) is 19.8 Å². The lowest BCUT2D eigenvalue weighted by atomic mass is 10.0. The number of carbonyl (C=O) groups is 2. The summed E-state index contributed by atoms with van der Waals surface area (Å²) >= 11 is 0. The number of esters is 1. The Hall–Kier alpha value is -1.92. The summed E-state index contributed by atoms with van der Waals surface area (Å²) in [5.74, 6) is -0.0723. The fourth-order valence-corrected chi connectivity index (χ4v) is 8.55. The van der Waals surface area contributed by atoms with Crippen molar-refractivity contribution < 1.29 is 24.5 Å². The second kappa shape index (κ2) is 53.7. The molecule has 376 valence electrons. The van der Waals surface area contributed by atoms with Crippen LogP contribution in [-0.4, -0.2) is 47.4 Å². The van der Waals surface area contributed by atoms with Crippen molar-refractivity contribution in [3.05, 3.63) is 36.5 Å². The van der Waals surface area contributed by atoms with E-state index in [2.05, 4.69) is 43.5 Å². The Kier molecular flexibility index (Phi) is 52.1. The number of nitrogens with one attached hydrogen (secondary N) is 1. The van der Waals surface area contributed by atoms with Crippen molar-refractivity contribution >= 4 is 11.9 Å². The third-order valence-electron chi connectivity index (χ3n) is 12.9. The number of hydrogen-bond donors (Lipinski definition) is 3. The Labute approximate surface area is 398 Å². The van der Waals surface area contributed by atoms with Gasteiger partial charge in [0, 0.05) is 12.8 Å². The summed E-state index contributed by atoms with van der Waals surface area (Å²) in [5.41, 5.74) is 0. The van der Waals surface area contributed by atoms with Crippen molar-refractivity contribution in [3.8, 4) is 0 Å². The molecule has 0 aliphatic heterocycles. The number of allylic oxidation sites excluding steroid dienone is 5. The van der Waals surface area contributed by atoms with Crippen LogP contribution in [0.25, 0.3) is 0 Å². The van der Waals surface area contributed by atoms with Crippen LogP contribution in [0.3, 0.4) is 0 Å².